The molecule has 0 unspecified atom stereocenters. The van der Waals surface area contributed by atoms with Crippen LogP contribution >= 0.6 is 24.0 Å². The van der Waals surface area contributed by atoms with E-state index in [1.165, 1.54) is 5.56 Å². The minimum absolute atomic E-state index is 0. The van der Waals surface area contributed by atoms with Crippen LogP contribution in [-0.4, -0.2) is 63.0 Å². The molecule has 1 saturated heterocycles. The Morgan fingerprint density at radius 3 is 2.71 bits per heavy atom. The van der Waals surface area contributed by atoms with E-state index in [1.54, 1.807) is 29.0 Å². The third-order valence-electron chi connectivity index (χ3n) is 5.08. The average Bonchev–Trinajstić information content (AvgIpc) is 3.41. The van der Waals surface area contributed by atoms with E-state index < -0.39 is 0 Å². The van der Waals surface area contributed by atoms with Crippen molar-refractivity contribution >= 4 is 41.5 Å². The van der Waals surface area contributed by atoms with E-state index in [2.05, 4.69) is 44.8 Å². The van der Waals surface area contributed by atoms with Crippen molar-refractivity contribution in [2.24, 2.45) is 12.0 Å². The smallest absolute Gasteiger partial charge is 0.246 e. The highest BCUT2D eigenvalue weighted by atomic mass is 127. The van der Waals surface area contributed by atoms with Crippen LogP contribution in [0.5, 0.6) is 0 Å². The number of nitrogens with zero attached hydrogens (tertiary/aromatic N) is 7. The summed E-state index contributed by atoms with van der Waals surface area (Å²) in [5.41, 5.74) is 3.17. The van der Waals surface area contributed by atoms with Gasteiger partial charge in [-0.25, -0.2) is 0 Å². The molecule has 0 spiro atoms. The van der Waals surface area contributed by atoms with Gasteiger partial charge in [0.1, 0.15) is 6.54 Å². The highest BCUT2D eigenvalue weighted by Crippen LogP contribution is 2.16. The highest BCUT2D eigenvalue weighted by Gasteiger charge is 2.27. The van der Waals surface area contributed by atoms with Crippen LogP contribution < -0.4 is 10.2 Å². The highest BCUT2D eigenvalue weighted by molar-refractivity contribution is 14.0. The summed E-state index contributed by atoms with van der Waals surface area (Å²) in [6, 6.07) is 10.3. The number of aliphatic imine (C=N–C) groups is 1. The number of amides is 1. The second kappa shape index (κ2) is 10.4. The molecule has 1 aromatic carbocycles. The van der Waals surface area contributed by atoms with Crippen molar-refractivity contribution in [3.05, 3.63) is 66.2 Å². The number of piperazine rings is 1. The number of anilines is 1. The molecule has 31 heavy (non-hydrogen) atoms. The number of nitrogens with one attached hydrogen (secondary N) is 1. The summed E-state index contributed by atoms with van der Waals surface area (Å²) in [4.78, 5) is 20.8. The molecule has 10 heteroatoms. The number of halogens is 1. The van der Waals surface area contributed by atoms with Crippen LogP contribution in [0.15, 0.2) is 60.1 Å². The molecule has 0 saturated carbocycles. The van der Waals surface area contributed by atoms with E-state index in [-0.39, 0.29) is 36.4 Å². The SMILES string of the molecule is CN=C(NCc1cccc(Cn2cccn2)c1)N1CCN(c2cnn(C)c2)C(=O)C1.I. The summed E-state index contributed by atoms with van der Waals surface area (Å²) < 4.78 is 3.61. The van der Waals surface area contributed by atoms with Crippen molar-refractivity contribution in [3.8, 4) is 0 Å². The van der Waals surface area contributed by atoms with Crippen LogP contribution in [0.4, 0.5) is 5.69 Å². The molecule has 0 bridgehead atoms. The fourth-order valence-corrected chi connectivity index (χ4v) is 3.61. The van der Waals surface area contributed by atoms with Gasteiger partial charge in [-0.15, -0.1) is 24.0 Å². The zero-order chi connectivity index (χ0) is 20.9. The Bertz CT molecular complexity index is 1030. The lowest BCUT2D eigenvalue weighted by Gasteiger charge is -2.35. The Kier molecular flexibility index (Phi) is 7.66. The minimum Gasteiger partial charge on any atom is -0.352 e. The minimum atomic E-state index is 0. The average molecular weight is 534 g/mol. The predicted molar refractivity (Wildman–Crippen MR) is 131 cm³/mol. The van der Waals surface area contributed by atoms with Gasteiger partial charge in [0, 0.05) is 52.3 Å². The number of carbonyl (C=O) groups is 1. The number of carbonyl (C=O) groups excluding carboxylic acids is 1. The second-order valence-electron chi connectivity index (χ2n) is 7.26. The lowest BCUT2D eigenvalue weighted by Crippen LogP contribution is -2.55. The summed E-state index contributed by atoms with van der Waals surface area (Å²) >= 11 is 0. The van der Waals surface area contributed by atoms with E-state index in [0.717, 1.165) is 23.8 Å². The molecule has 3 aromatic rings. The van der Waals surface area contributed by atoms with E-state index >= 15 is 0 Å². The third-order valence-corrected chi connectivity index (χ3v) is 5.08. The number of hydrogen-bond acceptors (Lipinski definition) is 4. The van der Waals surface area contributed by atoms with Crippen LogP contribution in [0.1, 0.15) is 11.1 Å². The summed E-state index contributed by atoms with van der Waals surface area (Å²) in [6.45, 7) is 2.97. The van der Waals surface area contributed by atoms with Gasteiger partial charge >= 0.3 is 0 Å². The molecule has 0 radical (unpaired) electrons. The van der Waals surface area contributed by atoms with Crippen LogP contribution in [0.2, 0.25) is 0 Å². The number of rotatable bonds is 5. The molecular weight excluding hydrogens is 507 g/mol. The summed E-state index contributed by atoms with van der Waals surface area (Å²) in [5.74, 6) is 0.769. The Balaban J connectivity index is 0.00000272. The molecule has 1 aliphatic heterocycles. The lowest BCUT2D eigenvalue weighted by atomic mass is 10.1. The van der Waals surface area contributed by atoms with Crippen LogP contribution in [0.3, 0.4) is 0 Å². The Morgan fingerprint density at radius 2 is 2.03 bits per heavy atom. The number of aromatic nitrogens is 4. The third kappa shape index (κ3) is 5.63. The van der Waals surface area contributed by atoms with Crippen LogP contribution in [0, 0.1) is 0 Å². The van der Waals surface area contributed by atoms with Crippen molar-refractivity contribution in [1.29, 1.82) is 0 Å². The van der Waals surface area contributed by atoms with Gasteiger partial charge in [0.25, 0.3) is 0 Å². The van der Waals surface area contributed by atoms with Gasteiger partial charge < -0.3 is 15.1 Å². The Labute approximate surface area is 198 Å². The fourth-order valence-electron chi connectivity index (χ4n) is 3.61. The molecular formula is C21H27IN8O. The summed E-state index contributed by atoms with van der Waals surface area (Å²) in [5, 5.41) is 11.8. The van der Waals surface area contributed by atoms with E-state index in [1.807, 2.05) is 35.1 Å². The van der Waals surface area contributed by atoms with Gasteiger partial charge in [-0.2, -0.15) is 10.2 Å². The quantitative estimate of drug-likeness (QED) is 0.306. The van der Waals surface area contributed by atoms with Gasteiger partial charge in [-0.3, -0.25) is 19.2 Å². The molecule has 0 aliphatic carbocycles. The van der Waals surface area contributed by atoms with Gasteiger partial charge in [0.15, 0.2) is 5.96 Å². The molecule has 2 aromatic heterocycles. The number of hydrogen-bond donors (Lipinski definition) is 1. The number of benzene rings is 1. The molecule has 9 nitrogen and oxygen atoms in total. The first kappa shape index (κ1) is 22.8. The van der Waals surface area contributed by atoms with Crippen molar-refractivity contribution in [1.82, 2.24) is 29.8 Å². The largest absolute Gasteiger partial charge is 0.352 e. The molecule has 0 atom stereocenters. The zero-order valence-electron chi connectivity index (χ0n) is 17.7. The molecule has 1 N–H and O–H groups in total. The Morgan fingerprint density at radius 1 is 1.19 bits per heavy atom. The maximum absolute atomic E-state index is 12.7. The van der Waals surface area contributed by atoms with Crippen LogP contribution in [-0.2, 0) is 24.9 Å². The predicted octanol–water partition coefficient (Wildman–Crippen LogP) is 1.71. The molecule has 3 heterocycles. The van der Waals surface area contributed by atoms with Crippen molar-refractivity contribution in [2.75, 3.05) is 31.6 Å². The van der Waals surface area contributed by atoms with E-state index in [9.17, 15) is 4.79 Å². The number of aryl methyl sites for hydroxylation is 1. The first-order valence-corrected chi connectivity index (χ1v) is 9.92. The Hall–Kier alpha value is -2.89. The van der Waals surface area contributed by atoms with Crippen molar-refractivity contribution < 1.29 is 4.79 Å². The molecule has 164 valence electrons. The first-order chi connectivity index (χ1) is 14.6. The maximum Gasteiger partial charge on any atom is 0.246 e. The zero-order valence-corrected chi connectivity index (χ0v) is 20.0. The summed E-state index contributed by atoms with van der Waals surface area (Å²) in [6.07, 6.45) is 7.31. The van der Waals surface area contributed by atoms with Crippen molar-refractivity contribution in [2.45, 2.75) is 13.1 Å². The normalized spacial score (nSPS) is 14.5. The van der Waals surface area contributed by atoms with Gasteiger partial charge in [0.05, 0.1) is 18.4 Å². The first-order valence-electron chi connectivity index (χ1n) is 9.92. The monoisotopic (exact) mass is 534 g/mol. The lowest BCUT2D eigenvalue weighted by molar-refractivity contribution is -0.120. The molecule has 4 rings (SSSR count). The maximum atomic E-state index is 12.7. The van der Waals surface area contributed by atoms with Gasteiger partial charge in [0.2, 0.25) is 5.91 Å². The fraction of sp³-hybridized carbons (Fsp3) is 0.333. The summed E-state index contributed by atoms with van der Waals surface area (Å²) in [7, 11) is 3.59. The number of guanidine groups is 1. The topological polar surface area (TPSA) is 83.6 Å². The van der Waals surface area contributed by atoms with Crippen molar-refractivity contribution in [3.63, 3.8) is 0 Å². The van der Waals surface area contributed by atoms with Gasteiger partial charge in [-0.1, -0.05) is 24.3 Å². The van der Waals surface area contributed by atoms with Crippen LogP contribution in [0.25, 0.3) is 0 Å². The molecule has 1 aliphatic rings. The van der Waals surface area contributed by atoms with E-state index in [4.69, 9.17) is 0 Å². The second-order valence-corrected chi connectivity index (χ2v) is 7.26. The molecule has 1 fully saturated rings. The standard InChI is InChI=1S/C21H26N8O.HI/c1-22-21(27-9-10-29(20(30)16-27)19-13-25-26(2)15-19)23-12-17-5-3-6-18(11-17)14-28-8-4-7-24-28;/h3-8,11,13,15H,9-10,12,14,16H2,1-2H3,(H,22,23);1H. The van der Waals surface area contributed by atoms with E-state index in [0.29, 0.717) is 19.6 Å². The van der Waals surface area contributed by atoms with Gasteiger partial charge in [-0.05, 0) is 17.2 Å². The molecule has 1 amide bonds.